The largest absolute Gasteiger partial charge is 0.322 e. The number of nitrogens with zero attached hydrogens (tertiary/aromatic N) is 5. The molecule has 0 aliphatic carbocycles. The van der Waals surface area contributed by atoms with E-state index in [4.69, 9.17) is 0 Å². The van der Waals surface area contributed by atoms with E-state index >= 15 is 0 Å². The number of halogens is 1. The highest BCUT2D eigenvalue weighted by molar-refractivity contribution is 5.80. The highest BCUT2D eigenvalue weighted by Crippen LogP contribution is 2.26. The molecule has 3 aromatic carbocycles. The second-order valence-electron chi connectivity index (χ2n) is 10.1. The summed E-state index contributed by atoms with van der Waals surface area (Å²) in [5.74, 6) is 0.443. The second-order valence-corrected chi connectivity index (χ2v) is 10.1. The summed E-state index contributed by atoms with van der Waals surface area (Å²) in [4.78, 5) is 18.6. The highest BCUT2D eigenvalue weighted by Gasteiger charge is 2.26. The molecule has 0 saturated carbocycles. The van der Waals surface area contributed by atoms with Crippen LogP contribution in [0.15, 0.2) is 77.6 Å². The third-order valence-electron chi connectivity index (χ3n) is 7.37. The lowest BCUT2D eigenvalue weighted by Crippen LogP contribution is -2.34. The third-order valence-corrected chi connectivity index (χ3v) is 7.37. The highest BCUT2D eigenvalue weighted by atomic mass is 19.1. The summed E-state index contributed by atoms with van der Waals surface area (Å²) in [5, 5.41) is 13.7. The molecule has 0 aliphatic heterocycles. The summed E-state index contributed by atoms with van der Waals surface area (Å²) in [6.45, 7) is 7.84. The molecule has 0 bridgehead atoms. The van der Waals surface area contributed by atoms with Crippen LogP contribution in [-0.2, 0) is 19.5 Å². The third kappa shape index (κ3) is 6.12. The number of nitrogens with one attached hydrogen (secondary N) is 1. The van der Waals surface area contributed by atoms with Crippen molar-refractivity contribution in [1.29, 1.82) is 0 Å². The Kier molecular flexibility index (Phi) is 7.93. The van der Waals surface area contributed by atoms with Crippen molar-refractivity contribution in [2.75, 3.05) is 6.54 Å². The predicted octanol–water partition coefficient (Wildman–Crippen LogP) is 5.51. The number of hydrogen-bond acceptors (Lipinski definition) is 5. The first-order valence-electron chi connectivity index (χ1n) is 13.3. The van der Waals surface area contributed by atoms with Crippen LogP contribution in [0.3, 0.4) is 0 Å². The van der Waals surface area contributed by atoms with Gasteiger partial charge in [-0.1, -0.05) is 49.4 Å². The number of rotatable bonds is 10. The summed E-state index contributed by atoms with van der Waals surface area (Å²) in [7, 11) is 0. The molecular weight excluding hydrogens is 491 g/mol. The van der Waals surface area contributed by atoms with E-state index in [-0.39, 0.29) is 17.4 Å². The van der Waals surface area contributed by atoms with Gasteiger partial charge in [0.15, 0.2) is 5.82 Å². The molecule has 0 amide bonds. The smallest absolute Gasteiger partial charge is 0.252 e. The van der Waals surface area contributed by atoms with E-state index in [1.165, 1.54) is 23.3 Å². The van der Waals surface area contributed by atoms with Crippen molar-refractivity contribution < 1.29 is 4.39 Å². The van der Waals surface area contributed by atoms with Gasteiger partial charge in [-0.2, -0.15) is 0 Å². The van der Waals surface area contributed by atoms with Crippen LogP contribution in [0.1, 0.15) is 53.0 Å². The van der Waals surface area contributed by atoms with Crippen molar-refractivity contribution in [3.63, 3.8) is 0 Å². The molecule has 0 aliphatic rings. The molecule has 200 valence electrons. The number of benzene rings is 3. The fourth-order valence-electron chi connectivity index (χ4n) is 5.05. The minimum absolute atomic E-state index is 0.0868. The lowest BCUT2D eigenvalue weighted by Gasteiger charge is -2.30. The molecule has 0 radical (unpaired) electrons. The van der Waals surface area contributed by atoms with Gasteiger partial charge < -0.3 is 4.98 Å². The van der Waals surface area contributed by atoms with Gasteiger partial charge in [0.1, 0.15) is 5.82 Å². The fourth-order valence-corrected chi connectivity index (χ4v) is 5.05. The number of fused-ring (bicyclic) bond motifs is 1. The number of hydrogen-bond donors (Lipinski definition) is 1. The molecule has 7 nitrogen and oxygen atoms in total. The van der Waals surface area contributed by atoms with Crippen LogP contribution in [0.25, 0.3) is 10.9 Å². The molecule has 2 aromatic heterocycles. The molecule has 5 rings (SSSR count). The zero-order valence-electron chi connectivity index (χ0n) is 22.6. The Bertz CT molecular complexity index is 1610. The molecule has 8 heteroatoms. The summed E-state index contributed by atoms with van der Waals surface area (Å²) in [6, 6.07) is 22.7. The van der Waals surface area contributed by atoms with E-state index < -0.39 is 0 Å². The maximum atomic E-state index is 13.5. The molecule has 0 fully saturated rings. The van der Waals surface area contributed by atoms with Crippen LogP contribution in [0.2, 0.25) is 0 Å². The summed E-state index contributed by atoms with van der Waals surface area (Å²) >= 11 is 0. The predicted molar refractivity (Wildman–Crippen MR) is 151 cm³/mol. The van der Waals surface area contributed by atoms with Crippen LogP contribution in [0.4, 0.5) is 4.39 Å². The van der Waals surface area contributed by atoms with E-state index in [0.717, 1.165) is 47.2 Å². The van der Waals surface area contributed by atoms with Gasteiger partial charge in [0.05, 0.1) is 12.6 Å². The van der Waals surface area contributed by atoms with E-state index in [1.807, 2.05) is 37.3 Å². The van der Waals surface area contributed by atoms with Crippen LogP contribution >= 0.6 is 0 Å². The Balaban J connectivity index is 1.48. The van der Waals surface area contributed by atoms with Crippen molar-refractivity contribution in [3.05, 3.63) is 123 Å². The molecule has 0 spiro atoms. The van der Waals surface area contributed by atoms with Gasteiger partial charge >= 0.3 is 0 Å². The zero-order chi connectivity index (χ0) is 27.4. The van der Waals surface area contributed by atoms with Crippen LogP contribution in [0, 0.1) is 19.7 Å². The maximum absolute atomic E-state index is 13.5. The van der Waals surface area contributed by atoms with Crippen molar-refractivity contribution in [1.82, 2.24) is 30.1 Å². The number of pyridine rings is 1. The van der Waals surface area contributed by atoms with Gasteiger partial charge in [-0.15, -0.1) is 5.10 Å². The number of aromatic nitrogens is 5. The van der Waals surface area contributed by atoms with E-state index in [2.05, 4.69) is 57.5 Å². The van der Waals surface area contributed by atoms with Crippen LogP contribution in [-0.4, -0.2) is 36.6 Å². The Hall–Kier alpha value is -4.17. The summed E-state index contributed by atoms with van der Waals surface area (Å²) in [5.41, 5.74) is 5.93. The van der Waals surface area contributed by atoms with Crippen molar-refractivity contribution in [2.24, 2.45) is 0 Å². The van der Waals surface area contributed by atoms with E-state index in [9.17, 15) is 9.18 Å². The van der Waals surface area contributed by atoms with Gasteiger partial charge in [0, 0.05) is 24.2 Å². The first kappa shape index (κ1) is 26.4. The Morgan fingerprint density at radius 3 is 2.46 bits per heavy atom. The SMILES string of the molecule is CC[C@H](c1nnnn1Cc1ccc(F)cc1)N(CCc1ccccc1)Cc1cc2cc(C)c(C)cc2[nH]c1=O. The lowest BCUT2D eigenvalue weighted by atomic mass is 10.0. The van der Waals surface area contributed by atoms with E-state index in [0.29, 0.717) is 18.7 Å². The molecular formula is C31H33FN6O. The molecule has 2 heterocycles. The Labute approximate surface area is 227 Å². The van der Waals surface area contributed by atoms with Crippen molar-refractivity contribution in [3.8, 4) is 0 Å². The van der Waals surface area contributed by atoms with Crippen LogP contribution in [0.5, 0.6) is 0 Å². The molecule has 39 heavy (non-hydrogen) atoms. The minimum Gasteiger partial charge on any atom is -0.322 e. The van der Waals surface area contributed by atoms with Gasteiger partial charge in [0.25, 0.3) is 5.56 Å². The van der Waals surface area contributed by atoms with Gasteiger partial charge in [-0.25, -0.2) is 9.07 Å². The van der Waals surface area contributed by atoms with Crippen molar-refractivity contribution >= 4 is 10.9 Å². The Morgan fingerprint density at radius 1 is 0.974 bits per heavy atom. The summed E-state index contributed by atoms with van der Waals surface area (Å²) in [6.07, 6.45) is 1.57. The number of aryl methyl sites for hydroxylation is 2. The molecule has 1 atom stereocenters. The number of tetrazole rings is 1. The quantitative estimate of drug-likeness (QED) is 0.260. The number of H-pyrrole nitrogens is 1. The van der Waals surface area contributed by atoms with E-state index in [1.54, 1.807) is 16.8 Å². The van der Waals surface area contributed by atoms with Crippen molar-refractivity contribution in [2.45, 2.75) is 52.7 Å². The molecule has 1 N–H and O–H groups in total. The maximum Gasteiger partial charge on any atom is 0.252 e. The van der Waals surface area contributed by atoms with Gasteiger partial charge in [-0.05, 0) is 95.1 Å². The average Bonchev–Trinajstić information content (AvgIpc) is 3.38. The Morgan fingerprint density at radius 2 is 1.72 bits per heavy atom. The molecule has 0 saturated heterocycles. The first-order valence-corrected chi connectivity index (χ1v) is 13.3. The monoisotopic (exact) mass is 524 g/mol. The zero-order valence-corrected chi connectivity index (χ0v) is 22.6. The number of aromatic amines is 1. The van der Waals surface area contributed by atoms with Crippen LogP contribution < -0.4 is 5.56 Å². The average molecular weight is 525 g/mol. The first-order chi connectivity index (χ1) is 18.9. The second kappa shape index (κ2) is 11.7. The standard InChI is InChI=1S/C31H33FN6O/c1-4-29(30-34-35-36-38(30)19-24-10-12-27(32)13-11-24)37(15-14-23-8-6-5-7-9-23)20-26-18-25-16-21(2)22(3)17-28(25)33-31(26)39/h5-13,16-18,29H,4,14-15,19-20H2,1-3H3,(H,33,39)/t29-/m1/s1. The topological polar surface area (TPSA) is 79.7 Å². The normalized spacial score (nSPS) is 12.3. The molecule has 5 aromatic rings. The van der Waals surface area contributed by atoms with Gasteiger partial charge in [0.2, 0.25) is 0 Å². The van der Waals surface area contributed by atoms with Gasteiger partial charge in [-0.3, -0.25) is 9.69 Å². The summed E-state index contributed by atoms with van der Waals surface area (Å²) < 4.78 is 15.2. The lowest BCUT2D eigenvalue weighted by molar-refractivity contribution is 0.172. The minimum atomic E-state index is -0.278. The fraction of sp³-hybridized carbons (Fsp3) is 0.290. The molecule has 0 unspecified atom stereocenters.